The van der Waals surface area contributed by atoms with Gasteiger partial charge in [0.2, 0.25) is 0 Å². The number of Topliss-reactive ketones (excluding diaryl/α,β-unsaturated/α-hetero) is 1. The van der Waals surface area contributed by atoms with E-state index in [1.807, 2.05) is 4.57 Å². The average Bonchev–Trinajstić information content (AvgIpc) is 3.36. The van der Waals surface area contributed by atoms with Crippen LogP contribution in [-0.4, -0.2) is 37.8 Å². The first-order chi connectivity index (χ1) is 15.0. The molecule has 0 radical (unpaired) electrons. The fraction of sp³-hybridized carbons (Fsp3) is 0.174. The van der Waals surface area contributed by atoms with Crippen LogP contribution in [0.5, 0.6) is 0 Å². The molecule has 1 atom stereocenters. The van der Waals surface area contributed by atoms with Crippen molar-refractivity contribution in [1.82, 2.24) is 14.5 Å². The number of rotatable bonds is 6. The molecule has 2 aromatic carbocycles. The largest absolute Gasteiger partial charge is 0.507 e. The number of hydrogen-bond acceptors (Lipinski definition) is 4. The number of carbonyl (C=O) groups is 2. The fourth-order valence-electron chi connectivity index (χ4n) is 3.74. The molecule has 4 rings (SSSR count). The number of aliphatic hydroxyl groups is 1. The van der Waals surface area contributed by atoms with Gasteiger partial charge in [-0.25, -0.2) is 9.37 Å². The Morgan fingerprint density at radius 2 is 1.84 bits per heavy atom. The van der Waals surface area contributed by atoms with Crippen molar-refractivity contribution in [1.29, 1.82) is 0 Å². The van der Waals surface area contributed by atoms with Crippen molar-refractivity contribution in [3.8, 4) is 0 Å². The summed E-state index contributed by atoms with van der Waals surface area (Å²) in [5.74, 6) is -2.53. The van der Waals surface area contributed by atoms with Crippen molar-refractivity contribution >= 4 is 29.1 Å². The highest BCUT2D eigenvalue weighted by Gasteiger charge is 2.46. The lowest BCUT2D eigenvalue weighted by atomic mass is 9.95. The average molecular weight is 440 g/mol. The van der Waals surface area contributed by atoms with Crippen LogP contribution in [-0.2, 0) is 16.1 Å². The highest BCUT2D eigenvalue weighted by molar-refractivity contribution is 6.46. The molecule has 1 aromatic heterocycles. The molecule has 6 nitrogen and oxygen atoms in total. The molecule has 0 spiro atoms. The maximum absolute atomic E-state index is 14.7. The Bertz CT molecular complexity index is 1140. The number of hydrogen-bond donors (Lipinski definition) is 1. The fourth-order valence-corrected chi connectivity index (χ4v) is 3.86. The normalized spacial score (nSPS) is 18.0. The number of benzene rings is 2. The van der Waals surface area contributed by atoms with Crippen LogP contribution in [0.4, 0.5) is 4.39 Å². The molecule has 0 saturated carbocycles. The summed E-state index contributed by atoms with van der Waals surface area (Å²) in [6, 6.07) is 11.1. The summed E-state index contributed by atoms with van der Waals surface area (Å²) in [6.07, 6.45) is 5.62. The predicted octanol–water partition coefficient (Wildman–Crippen LogP) is 4.19. The van der Waals surface area contributed by atoms with Gasteiger partial charge in [-0.1, -0.05) is 29.8 Å². The minimum atomic E-state index is -1.03. The highest BCUT2D eigenvalue weighted by Crippen LogP contribution is 2.40. The molecule has 3 aromatic rings. The van der Waals surface area contributed by atoms with Gasteiger partial charge in [-0.3, -0.25) is 9.59 Å². The van der Waals surface area contributed by atoms with Gasteiger partial charge in [-0.15, -0.1) is 0 Å². The Labute approximate surface area is 183 Å². The van der Waals surface area contributed by atoms with E-state index in [0.29, 0.717) is 23.6 Å². The van der Waals surface area contributed by atoms with Gasteiger partial charge in [0.05, 0.1) is 17.9 Å². The third kappa shape index (κ3) is 4.09. The third-order valence-electron chi connectivity index (χ3n) is 5.23. The zero-order valence-corrected chi connectivity index (χ0v) is 17.2. The van der Waals surface area contributed by atoms with E-state index in [4.69, 9.17) is 11.6 Å². The van der Waals surface area contributed by atoms with Crippen molar-refractivity contribution in [2.75, 3.05) is 6.54 Å². The first-order valence-electron chi connectivity index (χ1n) is 9.72. The van der Waals surface area contributed by atoms with E-state index in [-0.39, 0.29) is 23.4 Å². The Kier molecular flexibility index (Phi) is 5.86. The molecule has 1 saturated heterocycles. The van der Waals surface area contributed by atoms with Crippen LogP contribution in [0.3, 0.4) is 0 Å². The Hall–Kier alpha value is -3.45. The van der Waals surface area contributed by atoms with Crippen LogP contribution in [0.2, 0.25) is 5.02 Å². The van der Waals surface area contributed by atoms with E-state index in [2.05, 4.69) is 4.98 Å². The number of ketones is 1. The maximum Gasteiger partial charge on any atom is 0.295 e. The van der Waals surface area contributed by atoms with Gasteiger partial charge < -0.3 is 14.6 Å². The maximum atomic E-state index is 14.7. The number of halogens is 2. The molecule has 1 aliphatic heterocycles. The number of aryl methyl sites for hydroxylation is 1. The summed E-state index contributed by atoms with van der Waals surface area (Å²) >= 11 is 5.91. The van der Waals surface area contributed by atoms with Gasteiger partial charge in [0, 0.05) is 41.6 Å². The predicted molar refractivity (Wildman–Crippen MR) is 114 cm³/mol. The second-order valence-corrected chi connectivity index (χ2v) is 7.61. The SMILES string of the molecule is O=C1C(=O)N(CCCn2ccnc2)[C@H](c2ccccc2F)C1=C(O)c1ccc(Cl)cc1. The van der Waals surface area contributed by atoms with Gasteiger partial charge >= 0.3 is 0 Å². The molecule has 0 unspecified atom stereocenters. The monoisotopic (exact) mass is 439 g/mol. The number of carbonyl (C=O) groups excluding carboxylic acids is 2. The first kappa shape index (κ1) is 20.8. The van der Waals surface area contributed by atoms with Gasteiger partial charge in [0.25, 0.3) is 11.7 Å². The zero-order valence-electron chi connectivity index (χ0n) is 16.4. The number of imidazole rings is 1. The minimum absolute atomic E-state index is 0.139. The van der Waals surface area contributed by atoms with Crippen LogP contribution in [0, 0.1) is 5.82 Å². The van der Waals surface area contributed by atoms with Crippen LogP contribution >= 0.6 is 11.6 Å². The van der Waals surface area contributed by atoms with Gasteiger partial charge in [0.1, 0.15) is 11.6 Å². The van der Waals surface area contributed by atoms with Gasteiger partial charge in [-0.2, -0.15) is 0 Å². The summed E-state index contributed by atoms with van der Waals surface area (Å²) in [7, 11) is 0. The standard InChI is InChI=1S/C23H19ClFN3O3/c24-16-8-6-15(7-9-16)21(29)19-20(17-4-1-2-5-18(17)25)28(23(31)22(19)30)12-3-11-27-13-10-26-14-27/h1-2,4-10,13-14,20,29H,3,11-12H2/t20-/m1/s1. The smallest absolute Gasteiger partial charge is 0.295 e. The van der Waals surface area contributed by atoms with Crippen LogP contribution < -0.4 is 0 Å². The molecule has 2 heterocycles. The highest BCUT2D eigenvalue weighted by atomic mass is 35.5. The van der Waals surface area contributed by atoms with E-state index in [1.54, 1.807) is 49.1 Å². The van der Waals surface area contributed by atoms with Crippen LogP contribution in [0.25, 0.3) is 5.76 Å². The van der Waals surface area contributed by atoms with Crippen LogP contribution in [0.1, 0.15) is 23.6 Å². The Morgan fingerprint density at radius 3 is 2.52 bits per heavy atom. The first-order valence-corrected chi connectivity index (χ1v) is 10.1. The van der Waals surface area contributed by atoms with Crippen molar-refractivity contribution in [2.45, 2.75) is 19.0 Å². The topological polar surface area (TPSA) is 75.4 Å². The van der Waals surface area contributed by atoms with E-state index in [1.165, 1.54) is 23.1 Å². The molecule has 158 valence electrons. The number of aliphatic hydroxyl groups excluding tert-OH is 1. The van der Waals surface area contributed by atoms with E-state index >= 15 is 0 Å². The quantitative estimate of drug-likeness (QED) is 0.355. The van der Waals surface area contributed by atoms with Crippen molar-refractivity contribution in [2.24, 2.45) is 0 Å². The molecular weight excluding hydrogens is 421 g/mol. The van der Waals surface area contributed by atoms with Gasteiger partial charge in [-0.05, 0) is 36.8 Å². The lowest BCUT2D eigenvalue weighted by molar-refractivity contribution is -0.140. The molecular formula is C23H19ClFN3O3. The minimum Gasteiger partial charge on any atom is -0.507 e. The van der Waals surface area contributed by atoms with E-state index < -0.39 is 23.5 Å². The number of nitrogens with zero attached hydrogens (tertiary/aromatic N) is 3. The number of amides is 1. The molecule has 1 fully saturated rings. The summed E-state index contributed by atoms with van der Waals surface area (Å²) in [5.41, 5.74) is 0.335. The lowest BCUT2D eigenvalue weighted by Crippen LogP contribution is -2.31. The molecule has 1 amide bonds. The zero-order chi connectivity index (χ0) is 22.0. The second-order valence-electron chi connectivity index (χ2n) is 7.17. The van der Waals surface area contributed by atoms with E-state index in [0.717, 1.165) is 0 Å². The Morgan fingerprint density at radius 1 is 1.10 bits per heavy atom. The van der Waals surface area contributed by atoms with Gasteiger partial charge in [0.15, 0.2) is 0 Å². The molecule has 1 aliphatic rings. The van der Waals surface area contributed by atoms with Crippen LogP contribution in [0.15, 0.2) is 72.8 Å². The summed E-state index contributed by atoms with van der Waals surface area (Å²) < 4.78 is 16.6. The number of aromatic nitrogens is 2. The summed E-state index contributed by atoms with van der Waals surface area (Å²) in [5, 5.41) is 11.4. The molecule has 31 heavy (non-hydrogen) atoms. The van der Waals surface area contributed by atoms with Crippen molar-refractivity contribution in [3.63, 3.8) is 0 Å². The molecule has 8 heteroatoms. The summed E-state index contributed by atoms with van der Waals surface area (Å²) in [4.78, 5) is 31.1. The third-order valence-corrected chi connectivity index (χ3v) is 5.48. The Balaban J connectivity index is 1.75. The number of likely N-dealkylation sites (tertiary alicyclic amines) is 1. The molecule has 0 aliphatic carbocycles. The van der Waals surface area contributed by atoms with Crippen molar-refractivity contribution in [3.05, 3.63) is 94.8 Å². The van der Waals surface area contributed by atoms with Crippen molar-refractivity contribution < 1.29 is 19.1 Å². The second kappa shape index (κ2) is 8.73. The lowest BCUT2D eigenvalue weighted by Gasteiger charge is -2.25. The molecule has 1 N–H and O–H groups in total. The van der Waals surface area contributed by atoms with E-state index in [9.17, 15) is 19.1 Å². The summed E-state index contributed by atoms with van der Waals surface area (Å²) in [6.45, 7) is 0.781. The molecule has 0 bridgehead atoms.